The summed E-state index contributed by atoms with van der Waals surface area (Å²) >= 11 is 0. The molecule has 5 heteroatoms. The molecule has 0 aromatic carbocycles. The lowest BCUT2D eigenvalue weighted by atomic mass is 10.0. The van der Waals surface area contributed by atoms with Crippen LogP contribution in [0.1, 0.15) is 30.9 Å². The molecular weight excluding hydrogens is 288 g/mol. The third-order valence-corrected chi connectivity index (χ3v) is 5.84. The van der Waals surface area contributed by atoms with Crippen molar-refractivity contribution in [3.05, 3.63) is 35.4 Å². The number of amides is 1. The SMILES string of the molecule is CC(C)(NC(=O)[C@H]1[C@@H]2CNC[C@@H]21)c1nc2c3c(cccn13)CC2. The van der Waals surface area contributed by atoms with Gasteiger partial charge in [0.2, 0.25) is 5.91 Å². The average molecular weight is 310 g/mol. The maximum atomic E-state index is 12.7. The number of hydrogen-bond acceptors (Lipinski definition) is 3. The van der Waals surface area contributed by atoms with Crippen molar-refractivity contribution < 1.29 is 4.79 Å². The van der Waals surface area contributed by atoms with E-state index in [0.29, 0.717) is 11.8 Å². The van der Waals surface area contributed by atoms with Gasteiger partial charge >= 0.3 is 0 Å². The topological polar surface area (TPSA) is 58.4 Å². The Morgan fingerprint density at radius 2 is 2.13 bits per heavy atom. The second-order valence-electron chi connectivity index (χ2n) is 7.76. The summed E-state index contributed by atoms with van der Waals surface area (Å²) < 4.78 is 2.17. The molecule has 0 unspecified atom stereocenters. The molecule has 2 aliphatic carbocycles. The number of imidazole rings is 1. The van der Waals surface area contributed by atoms with Gasteiger partial charge in [0.25, 0.3) is 0 Å². The van der Waals surface area contributed by atoms with Crippen LogP contribution in [0.3, 0.4) is 0 Å². The molecule has 3 heterocycles. The summed E-state index contributed by atoms with van der Waals surface area (Å²) in [7, 11) is 0. The fraction of sp³-hybridized carbons (Fsp3) is 0.556. The molecule has 5 nitrogen and oxygen atoms in total. The molecule has 1 saturated carbocycles. The summed E-state index contributed by atoms with van der Waals surface area (Å²) in [5.41, 5.74) is 3.33. The number of fused-ring (bicyclic) bond motifs is 1. The van der Waals surface area contributed by atoms with E-state index in [-0.39, 0.29) is 11.8 Å². The fourth-order valence-corrected chi connectivity index (χ4v) is 4.61. The predicted molar refractivity (Wildman–Crippen MR) is 87.1 cm³/mol. The second kappa shape index (κ2) is 4.35. The van der Waals surface area contributed by atoms with E-state index in [1.807, 2.05) is 0 Å². The summed E-state index contributed by atoms with van der Waals surface area (Å²) in [4.78, 5) is 17.5. The van der Waals surface area contributed by atoms with E-state index >= 15 is 0 Å². The molecule has 2 aromatic heterocycles. The van der Waals surface area contributed by atoms with Gasteiger partial charge in [-0.15, -0.1) is 0 Å². The Balaban J connectivity index is 1.46. The van der Waals surface area contributed by atoms with Crippen LogP contribution >= 0.6 is 0 Å². The molecule has 2 aromatic rings. The van der Waals surface area contributed by atoms with Gasteiger partial charge < -0.3 is 15.0 Å². The molecular formula is C18H22N4O. The van der Waals surface area contributed by atoms with Crippen LogP contribution in [0.4, 0.5) is 0 Å². The predicted octanol–water partition coefficient (Wildman–Crippen LogP) is 1.25. The van der Waals surface area contributed by atoms with E-state index in [1.54, 1.807) is 0 Å². The largest absolute Gasteiger partial charge is 0.344 e. The molecule has 23 heavy (non-hydrogen) atoms. The van der Waals surface area contributed by atoms with Crippen LogP contribution in [-0.2, 0) is 23.2 Å². The van der Waals surface area contributed by atoms with Gasteiger partial charge in [-0.05, 0) is 63.2 Å². The van der Waals surface area contributed by atoms with Crippen molar-refractivity contribution in [1.29, 1.82) is 0 Å². The highest BCUT2D eigenvalue weighted by atomic mass is 16.2. The second-order valence-corrected chi connectivity index (χ2v) is 7.76. The number of nitrogens with zero attached hydrogens (tertiary/aromatic N) is 2. The summed E-state index contributed by atoms with van der Waals surface area (Å²) in [5.74, 6) is 2.43. The minimum absolute atomic E-state index is 0.193. The molecule has 0 radical (unpaired) electrons. The molecule has 3 atom stereocenters. The lowest BCUT2D eigenvalue weighted by Crippen LogP contribution is -2.44. The molecule has 1 amide bonds. The standard InChI is InChI=1S/C18H22N4O/c1-18(2,21-16(23)14-11-8-19-9-12(11)14)17-20-13-6-5-10-4-3-7-22(17)15(10)13/h3-4,7,11-12,14,19H,5-6,8-9H2,1-2H3,(H,21,23)/t11-,12+,14+. The quantitative estimate of drug-likeness (QED) is 0.897. The number of nitrogens with one attached hydrogen (secondary N) is 2. The van der Waals surface area contributed by atoms with Crippen LogP contribution < -0.4 is 10.6 Å². The maximum absolute atomic E-state index is 12.7. The van der Waals surface area contributed by atoms with Crippen molar-refractivity contribution in [3.8, 4) is 0 Å². The van der Waals surface area contributed by atoms with Crippen LogP contribution in [0, 0.1) is 17.8 Å². The number of rotatable bonds is 3. The molecule has 1 saturated heterocycles. The van der Waals surface area contributed by atoms with Crippen LogP contribution in [0.5, 0.6) is 0 Å². The van der Waals surface area contributed by atoms with E-state index < -0.39 is 5.54 Å². The Labute approximate surface area is 135 Å². The summed E-state index contributed by atoms with van der Waals surface area (Å²) in [6, 6.07) is 4.26. The summed E-state index contributed by atoms with van der Waals surface area (Å²) in [5, 5.41) is 6.61. The van der Waals surface area contributed by atoms with Gasteiger partial charge in [0.15, 0.2) is 0 Å². The number of carbonyl (C=O) groups is 1. The number of hydrogen-bond donors (Lipinski definition) is 2. The van der Waals surface area contributed by atoms with Crippen molar-refractivity contribution in [2.24, 2.45) is 17.8 Å². The van der Waals surface area contributed by atoms with Gasteiger partial charge in [-0.25, -0.2) is 4.98 Å². The maximum Gasteiger partial charge on any atom is 0.224 e. The third kappa shape index (κ3) is 1.83. The highest BCUT2D eigenvalue weighted by Gasteiger charge is 2.57. The summed E-state index contributed by atoms with van der Waals surface area (Å²) in [6.45, 7) is 6.11. The number of carbonyl (C=O) groups excluding carboxylic acids is 1. The minimum atomic E-state index is -0.460. The number of piperidine rings is 1. The zero-order valence-corrected chi connectivity index (χ0v) is 13.6. The normalized spacial score (nSPS) is 28.2. The minimum Gasteiger partial charge on any atom is -0.344 e. The van der Waals surface area contributed by atoms with E-state index in [9.17, 15) is 4.79 Å². The number of pyridine rings is 1. The van der Waals surface area contributed by atoms with Crippen LogP contribution in [-0.4, -0.2) is 28.4 Å². The van der Waals surface area contributed by atoms with Crippen LogP contribution in [0.25, 0.3) is 5.52 Å². The van der Waals surface area contributed by atoms with Crippen molar-refractivity contribution in [3.63, 3.8) is 0 Å². The molecule has 3 aliphatic rings. The Morgan fingerprint density at radius 3 is 2.91 bits per heavy atom. The Hall–Kier alpha value is -1.88. The molecule has 1 aliphatic heterocycles. The molecule has 0 spiro atoms. The lowest BCUT2D eigenvalue weighted by Gasteiger charge is -2.26. The highest BCUT2D eigenvalue weighted by Crippen LogP contribution is 2.49. The van der Waals surface area contributed by atoms with Gasteiger partial charge in [0.1, 0.15) is 5.82 Å². The lowest BCUT2D eigenvalue weighted by molar-refractivity contribution is -0.124. The van der Waals surface area contributed by atoms with Gasteiger partial charge in [0.05, 0.1) is 16.7 Å². The highest BCUT2D eigenvalue weighted by molar-refractivity contribution is 5.83. The molecule has 5 rings (SSSR count). The first kappa shape index (κ1) is 13.5. The monoisotopic (exact) mass is 310 g/mol. The molecule has 2 fully saturated rings. The smallest absolute Gasteiger partial charge is 0.224 e. The Bertz CT molecular complexity index is 812. The van der Waals surface area contributed by atoms with Gasteiger partial charge in [0, 0.05) is 12.1 Å². The first-order valence-corrected chi connectivity index (χ1v) is 8.58. The fourth-order valence-electron chi connectivity index (χ4n) is 4.61. The van der Waals surface area contributed by atoms with E-state index in [0.717, 1.165) is 31.8 Å². The third-order valence-electron chi connectivity index (χ3n) is 5.84. The van der Waals surface area contributed by atoms with Crippen molar-refractivity contribution in [2.75, 3.05) is 13.1 Å². The van der Waals surface area contributed by atoms with Gasteiger partial charge in [-0.2, -0.15) is 0 Å². The van der Waals surface area contributed by atoms with E-state index in [2.05, 4.69) is 47.2 Å². The van der Waals surface area contributed by atoms with E-state index in [4.69, 9.17) is 4.98 Å². The Morgan fingerprint density at radius 1 is 1.35 bits per heavy atom. The van der Waals surface area contributed by atoms with Crippen molar-refractivity contribution in [2.45, 2.75) is 32.2 Å². The first-order chi connectivity index (χ1) is 11.1. The molecule has 2 N–H and O–H groups in total. The first-order valence-electron chi connectivity index (χ1n) is 8.58. The number of aryl methyl sites for hydroxylation is 2. The van der Waals surface area contributed by atoms with Crippen molar-refractivity contribution >= 4 is 11.4 Å². The Kier molecular flexibility index (Phi) is 2.56. The average Bonchev–Trinajstić information content (AvgIpc) is 2.95. The van der Waals surface area contributed by atoms with Gasteiger partial charge in [-0.3, -0.25) is 4.79 Å². The molecule has 0 bridgehead atoms. The van der Waals surface area contributed by atoms with Crippen molar-refractivity contribution in [1.82, 2.24) is 20.0 Å². The van der Waals surface area contributed by atoms with Gasteiger partial charge in [-0.1, -0.05) is 6.07 Å². The number of aromatic nitrogens is 2. The zero-order chi connectivity index (χ0) is 15.8. The van der Waals surface area contributed by atoms with E-state index in [1.165, 1.54) is 16.8 Å². The van der Waals surface area contributed by atoms with Crippen LogP contribution in [0.2, 0.25) is 0 Å². The molecule has 120 valence electrons. The van der Waals surface area contributed by atoms with Crippen LogP contribution in [0.15, 0.2) is 18.3 Å². The zero-order valence-electron chi connectivity index (χ0n) is 13.6. The summed E-state index contributed by atoms with van der Waals surface area (Å²) in [6.07, 6.45) is 4.15.